The van der Waals surface area contributed by atoms with Gasteiger partial charge in [0, 0.05) is 41.0 Å². The van der Waals surface area contributed by atoms with Crippen molar-refractivity contribution in [2.45, 2.75) is 51.9 Å². The molecule has 9 nitrogen and oxygen atoms in total. The van der Waals surface area contributed by atoms with Crippen LogP contribution in [0.4, 0.5) is 0 Å². The van der Waals surface area contributed by atoms with Gasteiger partial charge in [-0.05, 0) is 85.2 Å². The zero-order valence-corrected chi connectivity index (χ0v) is 28.1. The quantitative estimate of drug-likeness (QED) is 0.0604. The van der Waals surface area contributed by atoms with Crippen LogP contribution in [0.1, 0.15) is 83.6 Å². The third kappa shape index (κ3) is 7.12. The fourth-order valence-corrected chi connectivity index (χ4v) is 6.78. The van der Waals surface area contributed by atoms with Gasteiger partial charge in [-0.25, -0.2) is 0 Å². The first kappa shape index (κ1) is 35.5. The van der Waals surface area contributed by atoms with Gasteiger partial charge in [-0.3, -0.25) is 4.79 Å². The molecule has 1 aliphatic rings. The molecule has 0 saturated heterocycles. The second-order valence-corrected chi connectivity index (χ2v) is 13.3. The topological polar surface area (TPSA) is 179 Å². The molecule has 0 spiro atoms. The zero-order chi connectivity index (χ0) is 36.4. The summed E-state index contributed by atoms with van der Waals surface area (Å²) in [5.41, 5.74) is 2.55. The van der Waals surface area contributed by atoms with E-state index in [-0.39, 0.29) is 62.9 Å². The number of aromatic hydroxyl groups is 8. The molecule has 0 radical (unpaired) electrons. The number of phenols is 8. The average molecular weight is 679 g/mol. The van der Waals surface area contributed by atoms with Crippen LogP contribution in [0.5, 0.6) is 46.0 Å². The van der Waals surface area contributed by atoms with Gasteiger partial charge in [-0.15, -0.1) is 0 Å². The van der Waals surface area contributed by atoms with E-state index in [0.717, 1.165) is 5.57 Å². The summed E-state index contributed by atoms with van der Waals surface area (Å²) in [6.45, 7) is 9.84. The lowest BCUT2D eigenvalue weighted by Gasteiger charge is -2.37. The maximum absolute atomic E-state index is 14.8. The van der Waals surface area contributed by atoms with Crippen molar-refractivity contribution in [1.82, 2.24) is 0 Å². The fraction of sp³-hybridized carbons (Fsp3) is 0.244. The van der Waals surface area contributed by atoms with Gasteiger partial charge in [0.05, 0.1) is 11.1 Å². The van der Waals surface area contributed by atoms with Crippen molar-refractivity contribution in [3.05, 3.63) is 118 Å². The van der Waals surface area contributed by atoms with Gasteiger partial charge in [-0.1, -0.05) is 56.4 Å². The number of hydrogen-bond acceptors (Lipinski definition) is 9. The van der Waals surface area contributed by atoms with Gasteiger partial charge in [0.15, 0.2) is 5.78 Å². The number of Topliss-reactive ketones (excluding diaryl/α,β-unsaturated/α-hetero) is 1. The maximum Gasteiger partial charge on any atom is 0.171 e. The molecule has 4 aromatic carbocycles. The van der Waals surface area contributed by atoms with Crippen LogP contribution in [0.15, 0.2) is 85.0 Å². The molecule has 1 aliphatic carbocycles. The van der Waals surface area contributed by atoms with Crippen LogP contribution in [0, 0.1) is 11.8 Å². The Balaban J connectivity index is 1.64. The molecule has 0 amide bonds. The number of aryl methyl sites for hydroxylation is 1. The summed E-state index contributed by atoms with van der Waals surface area (Å²) in [5.74, 6) is -5.08. The monoisotopic (exact) mass is 678 g/mol. The number of benzene rings is 4. The van der Waals surface area contributed by atoms with E-state index in [4.69, 9.17) is 0 Å². The number of ketones is 1. The summed E-state index contributed by atoms with van der Waals surface area (Å²) in [6, 6.07) is 14.0. The SMILES string of the molecule is C=C(CCc1ccc(O)cc1O)c1ccc(O)c(C2C=C(C)CC(c3ccc(O)cc3O)C2C(=O)c2ccc(O)c(/C=C/C(C)C)c2O)c1O. The Hall–Kier alpha value is -5.83. The molecule has 0 saturated carbocycles. The highest BCUT2D eigenvalue weighted by atomic mass is 16.3. The predicted molar refractivity (Wildman–Crippen MR) is 192 cm³/mol. The van der Waals surface area contributed by atoms with Crippen LogP contribution >= 0.6 is 0 Å². The molecule has 260 valence electrons. The summed E-state index contributed by atoms with van der Waals surface area (Å²) in [4.78, 5) is 14.8. The van der Waals surface area contributed by atoms with Gasteiger partial charge in [0.2, 0.25) is 0 Å². The van der Waals surface area contributed by atoms with Crippen LogP contribution in [0.25, 0.3) is 11.6 Å². The Bertz CT molecular complexity index is 2020. The molecule has 0 aromatic heterocycles. The number of carbonyl (C=O) groups is 1. The molecule has 9 heteroatoms. The number of allylic oxidation sites excluding steroid dienone is 4. The summed E-state index contributed by atoms with van der Waals surface area (Å²) in [5, 5.41) is 86.1. The molecule has 3 unspecified atom stereocenters. The lowest BCUT2D eigenvalue weighted by molar-refractivity contribution is 0.0876. The maximum atomic E-state index is 14.8. The summed E-state index contributed by atoms with van der Waals surface area (Å²) in [7, 11) is 0. The lowest BCUT2D eigenvalue weighted by atomic mass is 9.65. The fourth-order valence-electron chi connectivity index (χ4n) is 6.78. The normalized spacial score (nSPS) is 17.6. The van der Waals surface area contributed by atoms with Gasteiger partial charge < -0.3 is 40.9 Å². The highest BCUT2D eigenvalue weighted by molar-refractivity contribution is 6.03. The number of hydrogen-bond donors (Lipinski definition) is 8. The highest BCUT2D eigenvalue weighted by Crippen LogP contribution is 2.54. The molecule has 0 aliphatic heterocycles. The largest absolute Gasteiger partial charge is 0.508 e. The van der Waals surface area contributed by atoms with E-state index in [2.05, 4.69) is 6.58 Å². The van der Waals surface area contributed by atoms with E-state index in [9.17, 15) is 45.6 Å². The minimum atomic E-state index is -1.10. The van der Waals surface area contributed by atoms with Crippen LogP contribution in [0.3, 0.4) is 0 Å². The van der Waals surface area contributed by atoms with Crippen molar-refractivity contribution in [2.24, 2.45) is 11.8 Å². The van der Waals surface area contributed by atoms with E-state index in [1.54, 1.807) is 24.3 Å². The lowest BCUT2D eigenvalue weighted by Crippen LogP contribution is -2.31. The van der Waals surface area contributed by atoms with Gasteiger partial charge in [0.25, 0.3) is 0 Å². The number of rotatable bonds is 10. The van der Waals surface area contributed by atoms with Crippen molar-refractivity contribution < 1.29 is 45.6 Å². The van der Waals surface area contributed by atoms with Crippen molar-refractivity contribution in [1.29, 1.82) is 0 Å². The van der Waals surface area contributed by atoms with Crippen LogP contribution < -0.4 is 0 Å². The third-order valence-corrected chi connectivity index (χ3v) is 9.32. The van der Waals surface area contributed by atoms with E-state index in [1.807, 2.05) is 20.8 Å². The van der Waals surface area contributed by atoms with Gasteiger partial charge in [-0.2, -0.15) is 0 Å². The van der Waals surface area contributed by atoms with Crippen molar-refractivity contribution in [3.63, 3.8) is 0 Å². The van der Waals surface area contributed by atoms with E-state index < -0.39 is 29.3 Å². The van der Waals surface area contributed by atoms with E-state index in [1.165, 1.54) is 54.6 Å². The first-order valence-electron chi connectivity index (χ1n) is 16.4. The third-order valence-electron chi connectivity index (χ3n) is 9.32. The first-order valence-corrected chi connectivity index (χ1v) is 16.4. The Labute approximate surface area is 290 Å². The molecule has 5 rings (SSSR count). The molecule has 0 fully saturated rings. The van der Waals surface area contributed by atoms with Crippen molar-refractivity contribution in [2.75, 3.05) is 0 Å². The molecule has 0 bridgehead atoms. The second-order valence-electron chi connectivity index (χ2n) is 13.3. The minimum Gasteiger partial charge on any atom is -0.508 e. The Morgan fingerprint density at radius 3 is 2.10 bits per heavy atom. The minimum absolute atomic E-state index is 0.0509. The highest BCUT2D eigenvalue weighted by Gasteiger charge is 2.43. The molecule has 3 atom stereocenters. The molecular weight excluding hydrogens is 636 g/mol. The molecular formula is C41H42O9. The first-order chi connectivity index (χ1) is 23.7. The molecule has 50 heavy (non-hydrogen) atoms. The van der Waals surface area contributed by atoms with Crippen LogP contribution in [0.2, 0.25) is 0 Å². The summed E-state index contributed by atoms with van der Waals surface area (Å²) in [6.07, 6.45) is 6.03. The Kier molecular flexibility index (Phi) is 10.2. The number of phenolic OH excluding ortho intramolecular Hbond substituents is 8. The van der Waals surface area contributed by atoms with Gasteiger partial charge in [0.1, 0.15) is 46.0 Å². The standard InChI is InChI=1S/C41H42O9/c1-21(2)5-11-29-33(44)15-14-30(39(29)48)41(50)37-31(28-12-10-26(43)20-36(28)47)17-22(3)18-32(37)38-34(45)16-13-27(40(38)49)23(4)6-7-24-8-9-25(42)19-35(24)46/h5,8-16,18-21,31-32,37,42-49H,4,6-7,17H2,1-3H3/b11-5+. The molecule has 8 N–H and O–H groups in total. The Morgan fingerprint density at radius 2 is 1.44 bits per heavy atom. The van der Waals surface area contributed by atoms with Crippen LogP contribution in [-0.2, 0) is 6.42 Å². The number of carbonyl (C=O) groups excluding carboxylic acids is 1. The van der Waals surface area contributed by atoms with Crippen molar-refractivity contribution in [3.8, 4) is 46.0 Å². The average Bonchev–Trinajstić information content (AvgIpc) is 3.03. The zero-order valence-electron chi connectivity index (χ0n) is 28.1. The van der Waals surface area contributed by atoms with Gasteiger partial charge >= 0.3 is 0 Å². The van der Waals surface area contributed by atoms with E-state index >= 15 is 0 Å². The smallest absolute Gasteiger partial charge is 0.171 e. The Morgan fingerprint density at radius 1 is 0.800 bits per heavy atom. The summed E-state index contributed by atoms with van der Waals surface area (Å²) >= 11 is 0. The molecule has 4 aromatic rings. The van der Waals surface area contributed by atoms with E-state index in [0.29, 0.717) is 41.5 Å². The predicted octanol–water partition coefficient (Wildman–Crippen LogP) is 8.36. The molecule has 0 heterocycles. The summed E-state index contributed by atoms with van der Waals surface area (Å²) < 4.78 is 0. The van der Waals surface area contributed by atoms with Crippen LogP contribution in [-0.4, -0.2) is 46.6 Å². The van der Waals surface area contributed by atoms with Crippen molar-refractivity contribution >= 4 is 17.4 Å². The second kappa shape index (κ2) is 14.3.